The second kappa shape index (κ2) is 6.91. The highest BCUT2D eigenvalue weighted by Crippen LogP contribution is 2.22. The average Bonchev–Trinajstić information content (AvgIpc) is 2.53. The average molecular weight is 262 g/mol. The maximum atomic E-state index is 3.79. The van der Waals surface area contributed by atoms with Crippen LogP contribution < -0.4 is 0 Å². The highest BCUT2D eigenvalue weighted by atomic mass is 14.1. The molecule has 0 bridgehead atoms. The summed E-state index contributed by atoms with van der Waals surface area (Å²) in [7, 11) is 0. The minimum atomic E-state index is 0.577. The molecule has 0 aromatic heterocycles. The molecule has 0 amide bonds. The van der Waals surface area contributed by atoms with E-state index in [1.54, 1.807) is 0 Å². The molecule has 0 spiro atoms. The molecule has 0 aliphatic rings. The van der Waals surface area contributed by atoms with Crippen molar-refractivity contribution < 1.29 is 0 Å². The highest BCUT2D eigenvalue weighted by Gasteiger charge is 2.05. The van der Waals surface area contributed by atoms with Crippen molar-refractivity contribution in [1.29, 1.82) is 0 Å². The molecule has 0 nitrogen and oxygen atoms in total. The van der Waals surface area contributed by atoms with Crippen LogP contribution in [0.1, 0.15) is 41.5 Å². The number of aryl methyl sites for hydroxylation is 1. The van der Waals surface area contributed by atoms with Crippen LogP contribution in [0.2, 0.25) is 0 Å². The predicted molar refractivity (Wildman–Crippen MR) is 89.8 cm³/mol. The fraction of sp³-hybridized carbons (Fsp3) is 0.200. The number of hydrogen-bond donors (Lipinski definition) is 0. The molecule has 0 saturated heterocycles. The second-order valence-corrected chi connectivity index (χ2v) is 5.26. The molecule has 0 aliphatic heterocycles. The van der Waals surface area contributed by atoms with Crippen molar-refractivity contribution in [2.24, 2.45) is 0 Å². The monoisotopic (exact) mass is 262 g/mol. The summed E-state index contributed by atoms with van der Waals surface area (Å²) in [5.41, 5.74) is 5.16. The molecule has 1 atom stereocenters. The third kappa shape index (κ3) is 3.71. The maximum absolute atomic E-state index is 3.79. The zero-order chi connectivity index (χ0) is 14.4. The van der Waals surface area contributed by atoms with E-state index >= 15 is 0 Å². The van der Waals surface area contributed by atoms with Crippen LogP contribution in [0.5, 0.6) is 0 Å². The topological polar surface area (TPSA) is 0 Å². The van der Waals surface area contributed by atoms with Crippen LogP contribution in [0.15, 0.2) is 61.7 Å². The molecule has 0 N–H and O–H groups in total. The van der Waals surface area contributed by atoms with Gasteiger partial charge in [-0.2, -0.15) is 0 Å². The number of rotatable bonds is 6. The van der Waals surface area contributed by atoms with E-state index in [0.717, 1.165) is 6.42 Å². The van der Waals surface area contributed by atoms with Crippen LogP contribution >= 0.6 is 0 Å². The van der Waals surface area contributed by atoms with E-state index in [1.165, 1.54) is 28.7 Å². The largest absolute Gasteiger partial charge is 0.0985 e. The Morgan fingerprint density at radius 1 is 0.850 bits per heavy atom. The van der Waals surface area contributed by atoms with E-state index < -0.39 is 0 Å². The number of hydrogen-bond acceptors (Lipinski definition) is 0. The van der Waals surface area contributed by atoms with Gasteiger partial charge in [0, 0.05) is 0 Å². The van der Waals surface area contributed by atoms with Gasteiger partial charge in [-0.25, -0.2) is 0 Å². The molecule has 0 heteroatoms. The third-order valence-corrected chi connectivity index (χ3v) is 3.82. The first-order chi connectivity index (χ1) is 9.72. The molecule has 2 rings (SSSR count). The van der Waals surface area contributed by atoms with Gasteiger partial charge in [0.2, 0.25) is 0 Å². The van der Waals surface area contributed by atoms with Crippen LogP contribution in [-0.4, -0.2) is 0 Å². The van der Waals surface area contributed by atoms with E-state index in [9.17, 15) is 0 Å². The number of benzene rings is 2. The molecular formula is C20H22. The summed E-state index contributed by atoms with van der Waals surface area (Å²) in [5.74, 6) is 0.577. The van der Waals surface area contributed by atoms with Gasteiger partial charge in [0.1, 0.15) is 0 Å². The van der Waals surface area contributed by atoms with Crippen molar-refractivity contribution in [1.82, 2.24) is 0 Å². The predicted octanol–water partition coefficient (Wildman–Crippen LogP) is 5.71. The van der Waals surface area contributed by atoms with Gasteiger partial charge in [0.05, 0.1) is 0 Å². The van der Waals surface area contributed by atoms with Crippen molar-refractivity contribution in [2.75, 3.05) is 0 Å². The van der Waals surface area contributed by atoms with Gasteiger partial charge in [-0.3, -0.25) is 0 Å². The lowest BCUT2D eigenvalue weighted by atomic mass is 9.93. The molecule has 0 fully saturated rings. The Morgan fingerprint density at radius 2 is 1.35 bits per heavy atom. The summed E-state index contributed by atoms with van der Waals surface area (Å²) in [6.07, 6.45) is 6.05. The third-order valence-electron chi connectivity index (χ3n) is 3.82. The fourth-order valence-corrected chi connectivity index (χ4v) is 2.33. The van der Waals surface area contributed by atoms with E-state index in [1.807, 2.05) is 12.2 Å². The van der Waals surface area contributed by atoms with Crippen LogP contribution in [0.4, 0.5) is 0 Å². The van der Waals surface area contributed by atoms with Gasteiger partial charge in [0.15, 0.2) is 0 Å². The Morgan fingerprint density at radius 3 is 1.85 bits per heavy atom. The molecule has 2 aromatic rings. The Balaban J connectivity index is 1.94. The lowest BCUT2D eigenvalue weighted by Gasteiger charge is -2.12. The first-order valence-electron chi connectivity index (χ1n) is 7.16. The van der Waals surface area contributed by atoms with Gasteiger partial charge in [-0.15, -0.1) is 0 Å². The standard InChI is InChI=1S/C20H22/c1-4-17-8-10-19(11-9-17)7-6-16(3)20-14-12-18(5-2)13-15-20/h4-5,8-16H,1-2,6-7H2,3H3. The highest BCUT2D eigenvalue weighted by molar-refractivity contribution is 5.48. The summed E-state index contributed by atoms with van der Waals surface area (Å²) in [4.78, 5) is 0. The maximum Gasteiger partial charge on any atom is -0.0187 e. The van der Waals surface area contributed by atoms with Gasteiger partial charge in [-0.1, -0.05) is 80.8 Å². The minimum Gasteiger partial charge on any atom is -0.0985 e. The van der Waals surface area contributed by atoms with Crippen molar-refractivity contribution >= 4 is 12.2 Å². The molecule has 0 radical (unpaired) electrons. The van der Waals surface area contributed by atoms with Crippen molar-refractivity contribution in [3.8, 4) is 0 Å². The Bertz CT molecular complexity index is 558. The SMILES string of the molecule is C=Cc1ccc(CCC(C)c2ccc(C=C)cc2)cc1. The van der Waals surface area contributed by atoms with E-state index in [2.05, 4.69) is 68.6 Å². The smallest absolute Gasteiger partial charge is 0.0187 e. The fourth-order valence-electron chi connectivity index (χ4n) is 2.33. The summed E-state index contributed by atoms with van der Waals surface area (Å²) in [6.45, 7) is 9.86. The van der Waals surface area contributed by atoms with E-state index in [0.29, 0.717) is 5.92 Å². The quantitative estimate of drug-likeness (QED) is 0.625. The molecule has 2 aromatic carbocycles. The molecule has 102 valence electrons. The van der Waals surface area contributed by atoms with Crippen LogP contribution in [0, 0.1) is 0 Å². The van der Waals surface area contributed by atoms with Crippen LogP contribution in [-0.2, 0) is 6.42 Å². The Labute approximate surface area is 122 Å². The second-order valence-electron chi connectivity index (χ2n) is 5.26. The van der Waals surface area contributed by atoms with E-state index in [-0.39, 0.29) is 0 Å². The van der Waals surface area contributed by atoms with Gasteiger partial charge in [-0.05, 0) is 41.0 Å². The van der Waals surface area contributed by atoms with Crippen LogP contribution in [0.3, 0.4) is 0 Å². The molecule has 20 heavy (non-hydrogen) atoms. The Hall–Kier alpha value is -2.08. The van der Waals surface area contributed by atoms with Crippen LogP contribution in [0.25, 0.3) is 12.2 Å². The van der Waals surface area contributed by atoms with Crippen molar-refractivity contribution in [2.45, 2.75) is 25.7 Å². The van der Waals surface area contributed by atoms with Gasteiger partial charge >= 0.3 is 0 Å². The summed E-state index contributed by atoms with van der Waals surface area (Å²) in [6, 6.07) is 17.4. The molecular weight excluding hydrogens is 240 g/mol. The summed E-state index contributed by atoms with van der Waals surface area (Å²) in [5, 5.41) is 0. The lowest BCUT2D eigenvalue weighted by Crippen LogP contribution is -1.96. The first kappa shape index (κ1) is 14.3. The zero-order valence-corrected chi connectivity index (χ0v) is 12.2. The van der Waals surface area contributed by atoms with Gasteiger partial charge in [0.25, 0.3) is 0 Å². The minimum absolute atomic E-state index is 0.577. The van der Waals surface area contributed by atoms with E-state index in [4.69, 9.17) is 0 Å². The normalized spacial score (nSPS) is 11.8. The molecule has 1 unspecified atom stereocenters. The van der Waals surface area contributed by atoms with Crippen molar-refractivity contribution in [3.63, 3.8) is 0 Å². The summed E-state index contributed by atoms with van der Waals surface area (Å²) < 4.78 is 0. The first-order valence-corrected chi connectivity index (χ1v) is 7.16. The summed E-state index contributed by atoms with van der Waals surface area (Å²) >= 11 is 0. The Kier molecular flexibility index (Phi) is 4.95. The molecule has 0 heterocycles. The van der Waals surface area contributed by atoms with Gasteiger partial charge < -0.3 is 0 Å². The molecule has 0 saturated carbocycles. The lowest BCUT2D eigenvalue weighted by molar-refractivity contribution is 0.679. The van der Waals surface area contributed by atoms with Crippen molar-refractivity contribution in [3.05, 3.63) is 83.9 Å². The zero-order valence-electron chi connectivity index (χ0n) is 12.2. The molecule has 0 aliphatic carbocycles.